The second kappa shape index (κ2) is 5.31. The van der Waals surface area contributed by atoms with Crippen LogP contribution in [-0.2, 0) is 13.1 Å². The minimum absolute atomic E-state index is 0.256. The van der Waals surface area contributed by atoms with Crippen molar-refractivity contribution in [2.24, 2.45) is 0 Å². The van der Waals surface area contributed by atoms with Crippen molar-refractivity contribution in [1.29, 1.82) is 0 Å². The van der Waals surface area contributed by atoms with E-state index in [0.29, 0.717) is 6.04 Å². The molecule has 1 saturated heterocycles. The van der Waals surface area contributed by atoms with Crippen LogP contribution in [0.1, 0.15) is 25.5 Å². The Labute approximate surface area is 113 Å². The van der Waals surface area contributed by atoms with Gasteiger partial charge in [-0.15, -0.1) is 0 Å². The van der Waals surface area contributed by atoms with Crippen molar-refractivity contribution < 1.29 is 5.11 Å². The largest absolute Gasteiger partial charge is 0.395 e. The molecule has 4 heteroatoms. The molecule has 2 aromatic rings. The smallest absolute Gasteiger partial charge is 0.0843 e. The fraction of sp³-hybridized carbons (Fsp3) is 0.533. The molecule has 4 nitrogen and oxygen atoms in total. The lowest BCUT2D eigenvalue weighted by atomic mass is 10.2. The highest BCUT2D eigenvalue weighted by molar-refractivity contribution is 5.81. The number of para-hydroxylation sites is 1. The molecule has 1 fully saturated rings. The number of nitrogens with zero attached hydrogens (tertiary/aromatic N) is 3. The average molecular weight is 259 g/mol. The van der Waals surface area contributed by atoms with Gasteiger partial charge in [-0.1, -0.05) is 18.2 Å². The molecule has 19 heavy (non-hydrogen) atoms. The average Bonchev–Trinajstić information content (AvgIpc) is 3.04. The lowest BCUT2D eigenvalue weighted by Crippen LogP contribution is -2.31. The number of aromatic nitrogens is 2. The van der Waals surface area contributed by atoms with Gasteiger partial charge < -0.3 is 5.11 Å². The summed E-state index contributed by atoms with van der Waals surface area (Å²) >= 11 is 0. The van der Waals surface area contributed by atoms with Crippen molar-refractivity contribution in [3.63, 3.8) is 0 Å². The number of fused-ring (bicyclic) bond motifs is 1. The highest BCUT2D eigenvalue weighted by Crippen LogP contribution is 2.24. The quantitative estimate of drug-likeness (QED) is 0.913. The first-order valence-corrected chi connectivity index (χ1v) is 7.12. The van der Waals surface area contributed by atoms with Crippen molar-refractivity contribution in [2.75, 3.05) is 13.2 Å². The van der Waals surface area contributed by atoms with Gasteiger partial charge in [0.1, 0.15) is 0 Å². The molecule has 1 aliphatic rings. The third kappa shape index (κ3) is 2.26. The minimum atomic E-state index is 0.256. The second-order valence-electron chi connectivity index (χ2n) is 5.23. The molecule has 0 saturated carbocycles. The molecular formula is C15H21N3O. The van der Waals surface area contributed by atoms with E-state index in [2.05, 4.69) is 40.8 Å². The summed E-state index contributed by atoms with van der Waals surface area (Å²) in [5, 5.41) is 15.4. The Kier molecular flexibility index (Phi) is 3.53. The first-order chi connectivity index (χ1) is 9.33. The van der Waals surface area contributed by atoms with E-state index in [1.165, 1.54) is 17.3 Å². The molecule has 0 radical (unpaired) electrons. The van der Waals surface area contributed by atoms with Gasteiger partial charge in [-0.3, -0.25) is 9.58 Å². The lowest BCUT2D eigenvalue weighted by molar-refractivity contribution is 0.152. The predicted octanol–water partition coefficient (Wildman–Crippen LogP) is 2.01. The molecule has 102 valence electrons. The molecule has 2 heterocycles. The van der Waals surface area contributed by atoms with Crippen molar-refractivity contribution in [2.45, 2.75) is 38.9 Å². The van der Waals surface area contributed by atoms with Gasteiger partial charge in [-0.2, -0.15) is 5.10 Å². The van der Waals surface area contributed by atoms with Gasteiger partial charge in [0, 0.05) is 24.5 Å². The van der Waals surface area contributed by atoms with E-state index in [4.69, 9.17) is 5.10 Å². The number of hydrogen-bond donors (Lipinski definition) is 1. The molecule has 1 N–H and O–H groups in total. The number of aliphatic hydroxyl groups is 1. The topological polar surface area (TPSA) is 41.3 Å². The number of aliphatic hydroxyl groups excluding tert-OH is 1. The van der Waals surface area contributed by atoms with Crippen LogP contribution in [-0.4, -0.2) is 39.0 Å². The maximum atomic E-state index is 9.41. The third-order valence-electron chi connectivity index (χ3n) is 4.10. The molecule has 3 rings (SSSR count). The summed E-state index contributed by atoms with van der Waals surface area (Å²) in [6.07, 6.45) is 2.28. The first-order valence-electron chi connectivity index (χ1n) is 7.12. The predicted molar refractivity (Wildman–Crippen MR) is 75.9 cm³/mol. The van der Waals surface area contributed by atoms with E-state index < -0.39 is 0 Å². The minimum Gasteiger partial charge on any atom is -0.395 e. The van der Waals surface area contributed by atoms with Crippen molar-refractivity contribution in [3.05, 3.63) is 30.0 Å². The van der Waals surface area contributed by atoms with E-state index in [1.54, 1.807) is 0 Å². The van der Waals surface area contributed by atoms with Crippen molar-refractivity contribution >= 4 is 10.9 Å². The standard InChI is InChI=1S/C15H21N3O/c1-2-18-15-8-4-3-7-13(15)14(16-18)10-17-9-5-6-12(17)11-19/h3-4,7-8,12,19H,2,5-6,9-11H2,1H3. The fourth-order valence-corrected chi connectivity index (χ4v) is 3.06. The zero-order valence-corrected chi connectivity index (χ0v) is 11.4. The van der Waals surface area contributed by atoms with Crippen LogP contribution in [0.2, 0.25) is 0 Å². The lowest BCUT2D eigenvalue weighted by Gasteiger charge is -2.21. The first kappa shape index (κ1) is 12.6. The number of rotatable bonds is 4. The zero-order chi connectivity index (χ0) is 13.2. The molecule has 0 bridgehead atoms. The molecule has 0 amide bonds. The fourth-order valence-electron chi connectivity index (χ4n) is 3.06. The molecule has 1 aromatic heterocycles. The Morgan fingerprint density at radius 1 is 1.37 bits per heavy atom. The van der Waals surface area contributed by atoms with Crippen LogP contribution in [0.25, 0.3) is 10.9 Å². The summed E-state index contributed by atoms with van der Waals surface area (Å²) in [6, 6.07) is 8.72. The van der Waals surface area contributed by atoms with Crippen LogP contribution in [0.4, 0.5) is 0 Å². The SMILES string of the molecule is CCn1nc(CN2CCCC2CO)c2ccccc21. The van der Waals surface area contributed by atoms with Crippen LogP contribution < -0.4 is 0 Å². The van der Waals surface area contributed by atoms with Crippen LogP contribution in [0.3, 0.4) is 0 Å². The number of aryl methyl sites for hydroxylation is 1. The van der Waals surface area contributed by atoms with Gasteiger partial charge in [0.15, 0.2) is 0 Å². The van der Waals surface area contributed by atoms with Crippen molar-refractivity contribution in [1.82, 2.24) is 14.7 Å². The normalized spacial score (nSPS) is 20.4. The summed E-state index contributed by atoms with van der Waals surface area (Å²) < 4.78 is 2.06. The molecule has 1 atom stereocenters. The number of benzene rings is 1. The molecule has 1 aromatic carbocycles. The van der Waals surface area contributed by atoms with E-state index in [1.807, 2.05) is 0 Å². The Hall–Kier alpha value is -1.39. The molecule has 1 unspecified atom stereocenters. The third-order valence-corrected chi connectivity index (χ3v) is 4.10. The van der Waals surface area contributed by atoms with E-state index in [0.717, 1.165) is 31.7 Å². The maximum absolute atomic E-state index is 9.41. The monoisotopic (exact) mass is 259 g/mol. The number of hydrogen-bond acceptors (Lipinski definition) is 3. The van der Waals surface area contributed by atoms with Gasteiger partial charge in [-0.25, -0.2) is 0 Å². The molecule has 0 spiro atoms. The maximum Gasteiger partial charge on any atom is 0.0843 e. The zero-order valence-electron chi connectivity index (χ0n) is 11.4. The van der Waals surface area contributed by atoms with Gasteiger partial charge in [0.25, 0.3) is 0 Å². The summed E-state index contributed by atoms with van der Waals surface area (Å²) in [5.74, 6) is 0. The molecular weight excluding hydrogens is 238 g/mol. The summed E-state index contributed by atoms with van der Waals surface area (Å²) in [4.78, 5) is 2.36. The summed E-state index contributed by atoms with van der Waals surface area (Å²) in [5.41, 5.74) is 2.34. The highest BCUT2D eigenvalue weighted by Gasteiger charge is 2.25. The van der Waals surface area contributed by atoms with Gasteiger partial charge in [0.2, 0.25) is 0 Å². The van der Waals surface area contributed by atoms with Gasteiger partial charge in [-0.05, 0) is 32.4 Å². The Bertz CT molecular complexity index is 564. The molecule has 1 aliphatic heterocycles. The van der Waals surface area contributed by atoms with Crippen LogP contribution >= 0.6 is 0 Å². The van der Waals surface area contributed by atoms with E-state index in [9.17, 15) is 5.11 Å². The Balaban J connectivity index is 1.92. The van der Waals surface area contributed by atoms with Crippen LogP contribution in [0.15, 0.2) is 24.3 Å². The summed E-state index contributed by atoms with van der Waals surface area (Å²) in [7, 11) is 0. The van der Waals surface area contributed by atoms with Crippen LogP contribution in [0.5, 0.6) is 0 Å². The Morgan fingerprint density at radius 2 is 2.21 bits per heavy atom. The number of likely N-dealkylation sites (tertiary alicyclic amines) is 1. The summed E-state index contributed by atoms with van der Waals surface area (Å²) in [6.45, 7) is 5.18. The molecule has 0 aliphatic carbocycles. The van der Waals surface area contributed by atoms with Crippen LogP contribution in [0, 0.1) is 0 Å². The Morgan fingerprint density at radius 3 is 3.00 bits per heavy atom. The van der Waals surface area contributed by atoms with E-state index >= 15 is 0 Å². The van der Waals surface area contributed by atoms with Gasteiger partial charge >= 0.3 is 0 Å². The second-order valence-corrected chi connectivity index (χ2v) is 5.23. The van der Waals surface area contributed by atoms with E-state index in [-0.39, 0.29) is 6.61 Å². The highest BCUT2D eigenvalue weighted by atomic mass is 16.3. The van der Waals surface area contributed by atoms with Crippen molar-refractivity contribution in [3.8, 4) is 0 Å². The van der Waals surface area contributed by atoms with Gasteiger partial charge in [0.05, 0.1) is 17.8 Å².